The van der Waals surface area contributed by atoms with Gasteiger partial charge in [0.25, 0.3) is 0 Å². The second kappa shape index (κ2) is 3.65. The Labute approximate surface area is 94.6 Å². The molecule has 0 radical (unpaired) electrons. The van der Waals surface area contributed by atoms with Crippen LogP contribution in [0.25, 0.3) is 0 Å². The zero-order valence-corrected chi connectivity index (χ0v) is 9.71. The van der Waals surface area contributed by atoms with Crippen molar-refractivity contribution < 1.29 is 4.74 Å². The Morgan fingerprint density at radius 2 is 2.27 bits per heavy atom. The average molecular weight is 227 g/mol. The van der Waals surface area contributed by atoms with Crippen molar-refractivity contribution in [3.63, 3.8) is 0 Å². The van der Waals surface area contributed by atoms with Gasteiger partial charge < -0.3 is 10.5 Å². The van der Waals surface area contributed by atoms with E-state index in [2.05, 4.69) is 4.98 Å². The lowest BCUT2D eigenvalue weighted by atomic mass is 9.90. The molecule has 0 aliphatic heterocycles. The van der Waals surface area contributed by atoms with Crippen LogP contribution >= 0.6 is 11.6 Å². The molecule has 1 aliphatic carbocycles. The first kappa shape index (κ1) is 10.7. The molecule has 0 bridgehead atoms. The maximum absolute atomic E-state index is 6.20. The molecule has 1 fully saturated rings. The first-order valence-corrected chi connectivity index (χ1v) is 5.44. The zero-order chi connectivity index (χ0) is 11.1. The number of hydrogen-bond acceptors (Lipinski definition) is 3. The molecule has 0 spiro atoms. The Kier molecular flexibility index (Phi) is 2.61. The van der Waals surface area contributed by atoms with E-state index in [1.54, 1.807) is 19.4 Å². The van der Waals surface area contributed by atoms with Crippen LogP contribution in [-0.4, -0.2) is 18.1 Å². The van der Waals surface area contributed by atoms with Crippen molar-refractivity contribution in [3.8, 4) is 5.88 Å². The standard InChI is InChI=1S/C11H15ClN2O/c1-7(13)11(4-5-11)9-8(12)3-6-14-10(9)15-2/h3,6-7H,4-5,13H2,1-2H3. The molecule has 2 rings (SSSR count). The molecule has 1 unspecified atom stereocenters. The Morgan fingerprint density at radius 1 is 1.60 bits per heavy atom. The summed E-state index contributed by atoms with van der Waals surface area (Å²) in [4.78, 5) is 4.18. The van der Waals surface area contributed by atoms with Crippen LogP contribution in [0, 0.1) is 0 Å². The summed E-state index contributed by atoms with van der Waals surface area (Å²) in [5.74, 6) is 0.609. The van der Waals surface area contributed by atoms with Gasteiger partial charge in [0.05, 0.1) is 12.1 Å². The minimum atomic E-state index is -0.0172. The maximum Gasteiger partial charge on any atom is 0.218 e. The molecule has 82 valence electrons. The predicted molar refractivity (Wildman–Crippen MR) is 60.4 cm³/mol. The first-order chi connectivity index (χ1) is 7.12. The van der Waals surface area contributed by atoms with E-state index in [-0.39, 0.29) is 11.5 Å². The predicted octanol–water partition coefficient (Wildman–Crippen LogP) is 2.12. The van der Waals surface area contributed by atoms with Crippen LogP contribution < -0.4 is 10.5 Å². The minimum absolute atomic E-state index is 0.0172. The fourth-order valence-corrected chi connectivity index (χ4v) is 2.42. The van der Waals surface area contributed by atoms with Crippen LogP contribution in [-0.2, 0) is 5.41 Å². The number of ether oxygens (including phenoxy) is 1. The van der Waals surface area contributed by atoms with Crippen molar-refractivity contribution in [2.45, 2.75) is 31.2 Å². The SMILES string of the molecule is COc1nccc(Cl)c1C1(C(C)N)CC1. The van der Waals surface area contributed by atoms with E-state index in [9.17, 15) is 0 Å². The molecule has 0 saturated heterocycles. The summed E-state index contributed by atoms with van der Waals surface area (Å²) < 4.78 is 5.25. The number of pyridine rings is 1. The Balaban J connectivity index is 2.51. The van der Waals surface area contributed by atoms with Gasteiger partial charge in [-0.25, -0.2) is 4.98 Å². The number of rotatable bonds is 3. The largest absolute Gasteiger partial charge is 0.481 e. The number of halogens is 1. The minimum Gasteiger partial charge on any atom is -0.481 e. The summed E-state index contributed by atoms with van der Waals surface area (Å²) in [6.45, 7) is 2.01. The Hall–Kier alpha value is -0.800. The molecule has 0 aromatic carbocycles. The molecule has 0 amide bonds. The molecule has 4 heteroatoms. The Morgan fingerprint density at radius 3 is 2.73 bits per heavy atom. The van der Waals surface area contributed by atoms with Gasteiger partial charge in [-0.2, -0.15) is 0 Å². The quantitative estimate of drug-likeness (QED) is 0.859. The third-order valence-corrected chi connectivity index (χ3v) is 3.53. The summed E-state index contributed by atoms with van der Waals surface area (Å²) in [6, 6.07) is 1.87. The van der Waals surface area contributed by atoms with E-state index in [0.717, 1.165) is 18.4 Å². The van der Waals surface area contributed by atoms with Crippen molar-refractivity contribution in [1.29, 1.82) is 0 Å². The molecule has 1 atom stereocenters. The van der Waals surface area contributed by atoms with Gasteiger partial charge in [-0.3, -0.25) is 0 Å². The van der Waals surface area contributed by atoms with Crippen LogP contribution in [0.1, 0.15) is 25.3 Å². The number of aromatic nitrogens is 1. The summed E-state index contributed by atoms with van der Waals surface area (Å²) in [5.41, 5.74) is 6.97. The second-order valence-corrected chi connectivity index (χ2v) is 4.53. The van der Waals surface area contributed by atoms with Crippen molar-refractivity contribution in [2.24, 2.45) is 5.73 Å². The lowest BCUT2D eigenvalue weighted by Crippen LogP contribution is -2.32. The second-order valence-electron chi connectivity index (χ2n) is 4.12. The van der Waals surface area contributed by atoms with Gasteiger partial charge in [-0.15, -0.1) is 0 Å². The highest BCUT2D eigenvalue weighted by Crippen LogP contribution is 2.54. The van der Waals surface area contributed by atoms with Crippen LogP contribution in [0.2, 0.25) is 5.02 Å². The normalized spacial score (nSPS) is 19.7. The average Bonchev–Trinajstić information content (AvgIpc) is 2.98. The van der Waals surface area contributed by atoms with Gasteiger partial charge in [-0.05, 0) is 25.8 Å². The zero-order valence-electron chi connectivity index (χ0n) is 8.96. The summed E-state index contributed by atoms with van der Waals surface area (Å²) in [6.07, 6.45) is 3.78. The molecule has 15 heavy (non-hydrogen) atoms. The van der Waals surface area contributed by atoms with Gasteiger partial charge in [0.2, 0.25) is 5.88 Å². The monoisotopic (exact) mass is 226 g/mol. The van der Waals surface area contributed by atoms with Gasteiger partial charge in [0, 0.05) is 23.2 Å². The van der Waals surface area contributed by atoms with Crippen LogP contribution in [0.15, 0.2) is 12.3 Å². The molecule has 1 aromatic heterocycles. The number of methoxy groups -OCH3 is 1. The molecular weight excluding hydrogens is 212 g/mol. The summed E-state index contributed by atoms with van der Waals surface area (Å²) in [5, 5.41) is 0.705. The van der Waals surface area contributed by atoms with Crippen LogP contribution in [0.5, 0.6) is 5.88 Å². The molecule has 1 heterocycles. The maximum atomic E-state index is 6.20. The van der Waals surface area contributed by atoms with Crippen LogP contribution in [0.3, 0.4) is 0 Å². The van der Waals surface area contributed by atoms with Crippen molar-refractivity contribution in [3.05, 3.63) is 22.8 Å². The lowest BCUT2D eigenvalue weighted by Gasteiger charge is -2.22. The highest BCUT2D eigenvalue weighted by Gasteiger charge is 2.50. The van der Waals surface area contributed by atoms with E-state index in [0.29, 0.717) is 10.9 Å². The van der Waals surface area contributed by atoms with Crippen LogP contribution in [0.4, 0.5) is 0 Å². The fourth-order valence-electron chi connectivity index (χ4n) is 2.09. The van der Waals surface area contributed by atoms with Crippen molar-refractivity contribution >= 4 is 11.6 Å². The van der Waals surface area contributed by atoms with E-state index >= 15 is 0 Å². The van der Waals surface area contributed by atoms with Crippen molar-refractivity contribution in [2.75, 3.05) is 7.11 Å². The third-order valence-electron chi connectivity index (χ3n) is 3.22. The van der Waals surface area contributed by atoms with Gasteiger partial charge in [-0.1, -0.05) is 11.6 Å². The first-order valence-electron chi connectivity index (χ1n) is 5.06. The molecular formula is C11H15ClN2O. The highest BCUT2D eigenvalue weighted by molar-refractivity contribution is 6.31. The van der Waals surface area contributed by atoms with Crippen molar-refractivity contribution in [1.82, 2.24) is 4.98 Å². The summed E-state index contributed by atoms with van der Waals surface area (Å²) >= 11 is 6.20. The topological polar surface area (TPSA) is 48.1 Å². The number of hydrogen-bond donors (Lipinski definition) is 1. The van der Waals surface area contributed by atoms with E-state index in [1.165, 1.54) is 0 Å². The van der Waals surface area contributed by atoms with Gasteiger partial charge >= 0.3 is 0 Å². The molecule has 3 nitrogen and oxygen atoms in total. The number of nitrogens with zero attached hydrogens (tertiary/aromatic N) is 1. The smallest absolute Gasteiger partial charge is 0.218 e. The molecule has 1 aromatic rings. The molecule has 1 saturated carbocycles. The number of nitrogens with two attached hydrogens (primary N) is 1. The fraction of sp³-hybridized carbons (Fsp3) is 0.545. The van der Waals surface area contributed by atoms with Gasteiger partial charge in [0.1, 0.15) is 0 Å². The summed E-state index contributed by atoms with van der Waals surface area (Å²) in [7, 11) is 1.61. The van der Waals surface area contributed by atoms with E-state index in [4.69, 9.17) is 22.1 Å². The molecule has 1 aliphatic rings. The lowest BCUT2D eigenvalue weighted by molar-refractivity contribution is 0.382. The van der Waals surface area contributed by atoms with Gasteiger partial charge in [0.15, 0.2) is 0 Å². The Bertz CT molecular complexity index is 375. The van der Waals surface area contributed by atoms with E-state index in [1.807, 2.05) is 6.92 Å². The molecule has 2 N–H and O–H groups in total. The van der Waals surface area contributed by atoms with E-state index < -0.39 is 0 Å². The highest BCUT2D eigenvalue weighted by atomic mass is 35.5. The third kappa shape index (κ3) is 1.60.